The molecule has 1 aliphatic heterocycles. The summed E-state index contributed by atoms with van der Waals surface area (Å²) in [5.41, 5.74) is 11.1. The number of carbonyl (C=O) groups excluding carboxylic acids is 3. The minimum atomic E-state index is -1.16. The first kappa shape index (κ1) is 27.1. The monoisotopic (exact) mass is 461 g/mol. The molecule has 0 spiro atoms. The van der Waals surface area contributed by atoms with E-state index < -0.39 is 54.5 Å². The molecule has 1 rings (SSSR count). The van der Waals surface area contributed by atoms with Crippen molar-refractivity contribution in [3.05, 3.63) is 0 Å². The van der Waals surface area contributed by atoms with E-state index in [1.54, 1.807) is 0 Å². The van der Waals surface area contributed by atoms with Crippen molar-refractivity contribution in [3.8, 4) is 0 Å². The third kappa shape index (κ3) is 8.63. The fraction of sp³-hybridized carbons (Fsp3) is 0.789. The number of aliphatic carboxylic acids is 1. The summed E-state index contributed by atoms with van der Waals surface area (Å²) < 4.78 is 0. The van der Waals surface area contributed by atoms with Crippen LogP contribution in [0.15, 0.2) is 0 Å². The van der Waals surface area contributed by atoms with Gasteiger partial charge in [-0.25, -0.2) is 4.79 Å². The summed E-state index contributed by atoms with van der Waals surface area (Å²) >= 11 is 1.48. The largest absolute Gasteiger partial charge is 0.480 e. The van der Waals surface area contributed by atoms with Gasteiger partial charge in [0.25, 0.3) is 0 Å². The van der Waals surface area contributed by atoms with Crippen molar-refractivity contribution in [2.24, 2.45) is 11.5 Å². The van der Waals surface area contributed by atoms with Crippen LogP contribution in [0.3, 0.4) is 0 Å². The predicted molar refractivity (Wildman–Crippen MR) is 117 cm³/mol. The number of likely N-dealkylation sites (tertiary alicyclic amines) is 1. The molecule has 0 aliphatic carbocycles. The first-order valence-corrected chi connectivity index (χ1v) is 11.9. The van der Waals surface area contributed by atoms with Gasteiger partial charge in [-0.05, 0) is 57.1 Å². The number of hydrogen-bond acceptors (Lipinski definition) is 8. The zero-order valence-corrected chi connectivity index (χ0v) is 18.7. The molecule has 0 aromatic rings. The molecular formula is C19H35N5O6S. The minimum absolute atomic E-state index is 0.278. The Hall–Kier alpha value is -1.89. The van der Waals surface area contributed by atoms with Crippen LogP contribution in [0.1, 0.15) is 38.5 Å². The topological polar surface area (TPSA) is 188 Å². The lowest BCUT2D eigenvalue weighted by molar-refractivity contribution is -0.145. The van der Waals surface area contributed by atoms with Crippen molar-refractivity contribution in [1.29, 1.82) is 0 Å². The van der Waals surface area contributed by atoms with Crippen LogP contribution in [0, 0.1) is 0 Å². The van der Waals surface area contributed by atoms with Crippen molar-refractivity contribution in [3.63, 3.8) is 0 Å². The molecule has 11 nitrogen and oxygen atoms in total. The molecule has 1 saturated heterocycles. The molecule has 0 radical (unpaired) electrons. The van der Waals surface area contributed by atoms with Gasteiger partial charge in [0, 0.05) is 6.54 Å². The van der Waals surface area contributed by atoms with Gasteiger partial charge in [-0.1, -0.05) is 0 Å². The lowest BCUT2D eigenvalue weighted by Gasteiger charge is -2.30. The number of unbranched alkanes of at least 4 members (excludes halogenated alkanes) is 1. The number of carbonyl (C=O) groups is 4. The second-order valence-corrected chi connectivity index (χ2v) is 8.49. The number of nitrogens with zero attached hydrogens (tertiary/aromatic N) is 1. The number of aliphatic hydroxyl groups excluding tert-OH is 1. The van der Waals surface area contributed by atoms with Gasteiger partial charge >= 0.3 is 5.97 Å². The van der Waals surface area contributed by atoms with Gasteiger partial charge in [-0.15, -0.1) is 0 Å². The maximum atomic E-state index is 13.2. The summed E-state index contributed by atoms with van der Waals surface area (Å²) in [5, 5.41) is 23.5. The Bertz CT molecular complexity index is 623. The summed E-state index contributed by atoms with van der Waals surface area (Å²) in [4.78, 5) is 50.9. The van der Waals surface area contributed by atoms with Gasteiger partial charge in [-0.2, -0.15) is 11.8 Å². The molecule has 0 aromatic heterocycles. The molecule has 0 aromatic carbocycles. The average molecular weight is 462 g/mol. The fourth-order valence-corrected chi connectivity index (χ4v) is 3.85. The molecule has 0 bridgehead atoms. The number of aliphatic hydroxyl groups is 1. The molecule has 0 saturated carbocycles. The number of thioether (sulfide) groups is 1. The van der Waals surface area contributed by atoms with Crippen LogP contribution in [0.5, 0.6) is 0 Å². The Morgan fingerprint density at radius 3 is 2.45 bits per heavy atom. The maximum Gasteiger partial charge on any atom is 0.326 e. The molecule has 4 atom stereocenters. The highest BCUT2D eigenvalue weighted by Crippen LogP contribution is 2.20. The Balaban J connectivity index is 2.89. The molecule has 8 N–H and O–H groups in total. The van der Waals surface area contributed by atoms with Crippen LogP contribution in [-0.2, 0) is 19.2 Å². The molecule has 1 heterocycles. The number of hydrogen-bond donors (Lipinski definition) is 6. The van der Waals surface area contributed by atoms with Crippen molar-refractivity contribution < 1.29 is 29.4 Å². The molecule has 178 valence electrons. The van der Waals surface area contributed by atoms with E-state index >= 15 is 0 Å². The highest BCUT2D eigenvalue weighted by Gasteiger charge is 2.38. The van der Waals surface area contributed by atoms with Crippen molar-refractivity contribution in [2.45, 2.75) is 62.7 Å². The molecular weight excluding hydrogens is 426 g/mol. The van der Waals surface area contributed by atoms with Crippen LogP contribution in [0.2, 0.25) is 0 Å². The molecule has 3 amide bonds. The van der Waals surface area contributed by atoms with Crippen LogP contribution < -0.4 is 22.1 Å². The highest BCUT2D eigenvalue weighted by molar-refractivity contribution is 7.98. The summed E-state index contributed by atoms with van der Waals surface area (Å²) in [7, 11) is 0. The summed E-state index contributed by atoms with van der Waals surface area (Å²) in [6.45, 7) is 0.206. The lowest BCUT2D eigenvalue weighted by Crippen LogP contribution is -2.57. The van der Waals surface area contributed by atoms with Gasteiger partial charge in [0.05, 0.1) is 6.61 Å². The number of amides is 3. The normalized spacial score (nSPS) is 18.8. The van der Waals surface area contributed by atoms with Gasteiger partial charge in [0.2, 0.25) is 17.7 Å². The summed E-state index contributed by atoms with van der Waals surface area (Å²) in [6.07, 6.45) is 4.68. The summed E-state index contributed by atoms with van der Waals surface area (Å²) in [5.74, 6) is -2.15. The quantitative estimate of drug-likeness (QED) is 0.163. The Kier molecular flexibility index (Phi) is 12.5. The first-order chi connectivity index (χ1) is 14.8. The highest BCUT2D eigenvalue weighted by atomic mass is 32.2. The van der Waals surface area contributed by atoms with Gasteiger partial charge in [0.1, 0.15) is 24.2 Å². The number of carboxylic acids is 1. The standard InChI is InChI=1S/C19H35N5O6S/c1-31-10-7-14(19(29)30)23-17(27)15-6-4-9-24(15)18(28)13(5-2-3-8-20)22-16(26)12(21)11-25/h12-15,25H,2-11,20-21H2,1H3,(H,22,26)(H,23,27)(H,29,30). The van der Waals surface area contributed by atoms with E-state index in [1.807, 2.05) is 6.26 Å². The van der Waals surface area contributed by atoms with E-state index in [9.17, 15) is 24.3 Å². The molecule has 1 fully saturated rings. The van der Waals surface area contributed by atoms with E-state index in [4.69, 9.17) is 16.6 Å². The molecule has 4 unspecified atom stereocenters. The van der Waals surface area contributed by atoms with E-state index in [0.29, 0.717) is 50.9 Å². The van der Waals surface area contributed by atoms with Crippen LogP contribution in [-0.4, -0.2) is 94.7 Å². The third-order valence-electron chi connectivity index (χ3n) is 5.16. The SMILES string of the molecule is CSCCC(NC(=O)C1CCCN1C(=O)C(CCCCN)NC(=O)C(N)CO)C(=O)O. The number of rotatable bonds is 14. The number of carboxylic acid groups (broad SMARTS) is 1. The third-order valence-corrected chi connectivity index (χ3v) is 5.80. The van der Waals surface area contributed by atoms with Crippen LogP contribution >= 0.6 is 11.8 Å². The van der Waals surface area contributed by atoms with E-state index in [1.165, 1.54) is 16.7 Å². The van der Waals surface area contributed by atoms with Gasteiger partial charge < -0.3 is 37.2 Å². The van der Waals surface area contributed by atoms with E-state index in [0.717, 1.165) is 0 Å². The lowest BCUT2D eigenvalue weighted by atomic mass is 10.1. The van der Waals surface area contributed by atoms with Gasteiger partial charge in [0.15, 0.2) is 0 Å². The smallest absolute Gasteiger partial charge is 0.326 e. The second kappa shape index (κ2) is 14.2. The number of nitrogens with one attached hydrogen (secondary N) is 2. The molecule has 31 heavy (non-hydrogen) atoms. The van der Waals surface area contributed by atoms with Crippen molar-refractivity contribution in [1.82, 2.24) is 15.5 Å². The minimum Gasteiger partial charge on any atom is -0.480 e. The molecule has 1 aliphatic rings. The molecule has 12 heteroatoms. The maximum absolute atomic E-state index is 13.2. The number of nitrogens with two attached hydrogens (primary N) is 2. The first-order valence-electron chi connectivity index (χ1n) is 10.5. The average Bonchev–Trinajstić information content (AvgIpc) is 3.24. The Labute approximate surface area is 186 Å². The zero-order valence-electron chi connectivity index (χ0n) is 17.9. The van der Waals surface area contributed by atoms with Gasteiger partial charge in [-0.3, -0.25) is 14.4 Å². The van der Waals surface area contributed by atoms with Crippen LogP contribution in [0.4, 0.5) is 0 Å². The predicted octanol–water partition coefficient (Wildman–Crippen LogP) is -1.77. The Morgan fingerprint density at radius 2 is 1.87 bits per heavy atom. The van der Waals surface area contributed by atoms with E-state index in [-0.39, 0.29) is 6.42 Å². The van der Waals surface area contributed by atoms with E-state index in [2.05, 4.69) is 10.6 Å². The van der Waals surface area contributed by atoms with Crippen molar-refractivity contribution in [2.75, 3.05) is 31.7 Å². The second-order valence-electron chi connectivity index (χ2n) is 7.51. The summed E-state index contributed by atoms with van der Waals surface area (Å²) in [6, 6.07) is -3.89. The fourth-order valence-electron chi connectivity index (χ4n) is 3.38. The van der Waals surface area contributed by atoms with Crippen LogP contribution in [0.25, 0.3) is 0 Å². The zero-order chi connectivity index (χ0) is 23.4. The Morgan fingerprint density at radius 1 is 1.16 bits per heavy atom. The van der Waals surface area contributed by atoms with Crippen molar-refractivity contribution >= 4 is 35.5 Å².